The first-order chi connectivity index (χ1) is 13.1. The number of ketones is 2. The van der Waals surface area contributed by atoms with Crippen LogP contribution >= 0.6 is 0 Å². The van der Waals surface area contributed by atoms with Gasteiger partial charge >= 0.3 is 0 Å². The lowest BCUT2D eigenvalue weighted by atomic mass is 9.82. The summed E-state index contributed by atoms with van der Waals surface area (Å²) in [5.41, 5.74) is 2.17. The number of carbonyl (C=O) groups excluding carboxylic acids is 2. The second kappa shape index (κ2) is 7.08. The van der Waals surface area contributed by atoms with Gasteiger partial charge in [0.1, 0.15) is 13.1 Å². The van der Waals surface area contributed by atoms with E-state index in [1.54, 1.807) is 19.2 Å². The van der Waals surface area contributed by atoms with Crippen molar-refractivity contribution in [2.75, 3.05) is 20.3 Å². The van der Waals surface area contributed by atoms with Gasteiger partial charge in [-0.1, -0.05) is 54.6 Å². The molecule has 2 atom stereocenters. The maximum atomic E-state index is 13.3. The molecular weight excluding hydrogens is 340 g/mol. The van der Waals surface area contributed by atoms with Crippen LogP contribution in [0.1, 0.15) is 33.2 Å². The van der Waals surface area contributed by atoms with Crippen LogP contribution in [0.25, 0.3) is 0 Å². The zero-order valence-electron chi connectivity index (χ0n) is 15.6. The van der Waals surface area contributed by atoms with Gasteiger partial charge in [-0.2, -0.15) is 0 Å². The highest BCUT2D eigenvalue weighted by Gasteiger charge is 2.56. The average Bonchev–Trinajstić information content (AvgIpc) is 2.97. The molecule has 5 heteroatoms. The van der Waals surface area contributed by atoms with Gasteiger partial charge in [-0.3, -0.25) is 9.59 Å². The number of ether oxygens (including phenoxy) is 1. The largest absolute Gasteiger partial charge is 0.381 e. The molecule has 0 radical (unpaired) electrons. The van der Waals surface area contributed by atoms with Crippen LogP contribution in [0.3, 0.4) is 0 Å². The smallest absolute Gasteiger partial charge is 0.245 e. The average molecular weight is 363 g/mol. The van der Waals surface area contributed by atoms with Crippen molar-refractivity contribution < 1.29 is 18.9 Å². The Morgan fingerprint density at radius 3 is 2.26 bits per heavy atom. The van der Waals surface area contributed by atoms with E-state index in [4.69, 9.17) is 4.74 Å². The Morgan fingerprint density at radius 2 is 1.59 bits per heavy atom. The summed E-state index contributed by atoms with van der Waals surface area (Å²) < 4.78 is 7.32. The van der Waals surface area contributed by atoms with E-state index in [-0.39, 0.29) is 11.6 Å². The Hall–Kier alpha value is -2.79. The molecule has 0 aromatic heterocycles. The molecule has 0 saturated heterocycles. The molecule has 5 nitrogen and oxygen atoms in total. The first kappa shape index (κ1) is 17.6. The normalized spacial score (nSPS) is 21.5. The van der Waals surface area contributed by atoms with Crippen LogP contribution in [-0.4, -0.2) is 59.2 Å². The number of methoxy groups -OCH3 is 1. The lowest BCUT2D eigenvalue weighted by Gasteiger charge is -2.27. The fourth-order valence-electron chi connectivity index (χ4n) is 4.19. The fraction of sp³-hybridized carbons (Fsp3) is 0.318. The van der Waals surface area contributed by atoms with Crippen LogP contribution in [0, 0.1) is 0 Å². The minimum atomic E-state index is -0.496. The van der Waals surface area contributed by atoms with Crippen LogP contribution in [0.2, 0.25) is 0 Å². The third kappa shape index (κ3) is 2.88. The van der Waals surface area contributed by atoms with Gasteiger partial charge in [0.15, 0.2) is 0 Å². The number of nitrogens with zero attached hydrogens (tertiary/aromatic N) is 2. The van der Waals surface area contributed by atoms with Crippen molar-refractivity contribution in [2.45, 2.75) is 25.6 Å². The van der Waals surface area contributed by atoms with Crippen molar-refractivity contribution in [1.29, 1.82) is 0 Å². The van der Waals surface area contributed by atoms with E-state index in [2.05, 4.69) is 4.58 Å². The summed E-state index contributed by atoms with van der Waals surface area (Å²) in [5, 5.41) is 0. The number of amidine groups is 1. The van der Waals surface area contributed by atoms with Crippen LogP contribution in [-0.2, 0) is 11.3 Å². The SMILES string of the molecule is COCCN1C(C)=[N+](Cc2ccccc2)C2C(=O)c3ccccc3C(=O)C21. The van der Waals surface area contributed by atoms with Crippen LogP contribution in [0.4, 0.5) is 0 Å². The Balaban J connectivity index is 1.79. The molecule has 2 unspecified atom stereocenters. The van der Waals surface area contributed by atoms with Crippen molar-refractivity contribution in [1.82, 2.24) is 4.90 Å². The number of hydrogen-bond donors (Lipinski definition) is 0. The van der Waals surface area contributed by atoms with Crippen molar-refractivity contribution >= 4 is 17.4 Å². The lowest BCUT2D eigenvalue weighted by Crippen LogP contribution is -2.53. The van der Waals surface area contributed by atoms with Crippen LogP contribution < -0.4 is 0 Å². The van der Waals surface area contributed by atoms with Gasteiger partial charge in [0.25, 0.3) is 0 Å². The van der Waals surface area contributed by atoms with E-state index >= 15 is 0 Å². The molecule has 2 aromatic carbocycles. The van der Waals surface area contributed by atoms with Gasteiger partial charge < -0.3 is 4.74 Å². The standard InChI is InChI=1S/C22H23N2O3/c1-15-23(12-13-27-2)19-20(24(15)14-16-8-4-3-5-9-16)22(26)18-11-7-6-10-17(18)21(19)25/h3-11,19-20H,12-14H2,1-2H3/q+1. The van der Waals surface area contributed by atoms with Gasteiger partial charge in [-0.25, -0.2) is 9.48 Å². The number of rotatable bonds is 5. The van der Waals surface area contributed by atoms with E-state index in [1.807, 2.05) is 54.3 Å². The molecule has 27 heavy (non-hydrogen) atoms. The highest BCUT2D eigenvalue weighted by molar-refractivity contribution is 6.20. The van der Waals surface area contributed by atoms with Crippen LogP contribution in [0.5, 0.6) is 0 Å². The number of Topliss-reactive ketones (excluding diaryl/α,β-unsaturated/α-hetero) is 2. The van der Waals surface area contributed by atoms with E-state index in [1.165, 1.54) is 0 Å². The molecule has 0 saturated carbocycles. The molecule has 2 aromatic rings. The summed E-state index contributed by atoms with van der Waals surface area (Å²) in [7, 11) is 1.65. The highest BCUT2D eigenvalue weighted by atomic mass is 16.5. The lowest BCUT2D eigenvalue weighted by molar-refractivity contribution is -0.558. The summed E-state index contributed by atoms with van der Waals surface area (Å²) >= 11 is 0. The molecule has 138 valence electrons. The van der Waals surface area contributed by atoms with Crippen molar-refractivity contribution in [3.8, 4) is 0 Å². The quantitative estimate of drug-likeness (QED) is 0.766. The summed E-state index contributed by atoms with van der Waals surface area (Å²) in [6.45, 7) is 3.67. The molecule has 1 aliphatic carbocycles. The zero-order valence-corrected chi connectivity index (χ0v) is 15.6. The molecule has 1 aliphatic heterocycles. The third-order valence-corrected chi connectivity index (χ3v) is 5.53. The molecular formula is C22H23N2O3+. The second-order valence-corrected chi connectivity index (χ2v) is 7.01. The molecule has 4 rings (SSSR count). The first-order valence-corrected chi connectivity index (χ1v) is 9.20. The minimum absolute atomic E-state index is 0.0150. The van der Waals surface area contributed by atoms with Gasteiger partial charge in [0.2, 0.25) is 29.5 Å². The Bertz CT molecular complexity index is 920. The van der Waals surface area contributed by atoms with Crippen molar-refractivity contribution in [3.63, 3.8) is 0 Å². The van der Waals surface area contributed by atoms with E-state index in [0.29, 0.717) is 30.8 Å². The molecule has 2 aliphatic rings. The Kier molecular flexibility index (Phi) is 4.62. The maximum Gasteiger partial charge on any atom is 0.245 e. The molecule has 0 bridgehead atoms. The van der Waals surface area contributed by atoms with Gasteiger partial charge in [-0.05, 0) is 5.56 Å². The van der Waals surface area contributed by atoms with Crippen molar-refractivity contribution in [2.24, 2.45) is 0 Å². The summed E-state index contributed by atoms with van der Waals surface area (Å²) in [6, 6.07) is 16.2. The first-order valence-electron chi connectivity index (χ1n) is 9.20. The summed E-state index contributed by atoms with van der Waals surface area (Å²) in [4.78, 5) is 28.7. The number of hydrogen-bond acceptors (Lipinski definition) is 4. The summed E-state index contributed by atoms with van der Waals surface area (Å²) in [5.74, 6) is 0.979. The van der Waals surface area contributed by atoms with Crippen molar-refractivity contribution in [3.05, 3.63) is 71.3 Å². The number of benzene rings is 2. The van der Waals surface area contributed by atoms with Crippen LogP contribution in [0.15, 0.2) is 54.6 Å². The topological polar surface area (TPSA) is 49.6 Å². The van der Waals surface area contributed by atoms with Gasteiger partial charge in [0.05, 0.1) is 6.61 Å². The number of carbonyl (C=O) groups is 2. The molecule has 0 fully saturated rings. The summed E-state index contributed by atoms with van der Waals surface area (Å²) in [6.07, 6.45) is 0. The van der Waals surface area contributed by atoms with Gasteiger partial charge in [-0.15, -0.1) is 0 Å². The Morgan fingerprint density at radius 1 is 0.963 bits per heavy atom. The second-order valence-electron chi connectivity index (χ2n) is 7.01. The molecule has 0 spiro atoms. The maximum absolute atomic E-state index is 13.3. The molecule has 0 N–H and O–H groups in total. The monoisotopic (exact) mass is 363 g/mol. The highest BCUT2D eigenvalue weighted by Crippen LogP contribution is 2.31. The number of fused-ring (bicyclic) bond motifs is 2. The predicted molar refractivity (Wildman–Crippen MR) is 102 cm³/mol. The van der Waals surface area contributed by atoms with E-state index in [9.17, 15) is 9.59 Å². The molecule has 0 amide bonds. The van der Waals surface area contributed by atoms with Gasteiger partial charge in [0, 0.05) is 25.2 Å². The fourth-order valence-corrected chi connectivity index (χ4v) is 4.19. The predicted octanol–water partition coefficient (Wildman–Crippen LogP) is 2.40. The van der Waals surface area contributed by atoms with E-state index < -0.39 is 12.1 Å². The molecule has 1 heterocycles. The zero-order chi connectivity index (χ0) is 19.0. The Labute approximate surface area is 158 Å². The third-order valence-electron chi connectivity index (χ3n) is 5.53. The minimum Gasteiger partial charge on any atom is -0.381 e. The van der Waals surface area contributed by atoms with E-state index in [0.717, 1.165) is 11.4 Å².